The molecule has 0 aliphatic carbocycles. The van der Waals surface area contributed by atoms with Gasteiger partial charge in [0.15, 0.2) is 12.4 Å². The summed E-state index contributed by atoms with van der Waals surface area (Å²) in [5.74, 6) is -1.28. The average molecular weight is 1000 g/mol. The van der Waals surface area contributed by atoms with Crippen LogP contribution in [0.15, 0.2) is 72.9 Å². The lowest BCUT2D eigenvalue weighted by atomic mass is 9.99. The quantitative estimate of drug-likeness (QED) is 0.0196. The molecule has 0 saturated carbocycles. The number of carbonyl (C=O) groups excluding carboxylic acids is 2. The second-order valence-corrected chi connectivity index (χ2v) is 19.7. The predicted octanol–water partition coefficient (Wildman–Crippen LogP) is 12.8. The molecule has 0 aromatic rings. The zero-order valence-corrected chi connectivity index (χ0v) is 45.1. The van der Waals surface area contributed by atoms with Crippen molar-refractivity contribution >= 4 is 11.9 Å². The molecule has 0 radical (unpaired) electrons. The van der Waals surface area contributed by atoms with Crippen LogP contribution in [0.1, 0.15) is 233 Å². The van der Waals surface area contributed by atoms with Crippen molar-refractivity contribution in [3.8, 4) is 0 Å². The summed E-state index contributed by atoms with van der Waals surface area (Å²) in [7, 11) is 0. The lowest BCUT2D eigenvalue weighted by Crippen LogP contribution is -2.61. The molecule has 0 aromatic carbocycles. The molecular weight excluding hydrogens is 895 g/mol. The summed E-state index contributed by atoms with van der Waals surface area (Å²) in [4.78, 5) is 26.4. The number of carbonyl (C=O) groups is 2. The standard InChI is InChI=1S/C60H105NO10/c1-4-7-10-13-16-19-22-24-25-26-27-28-30-32-35-38-41-44-47-53(64)59(68)61-51(52(63)46-43-40-37-34-31-21-18-15-12-9-6-3)50-69-60-58(57(67)56(66)54(49-62)70-60)71-55(65)48-45-42-39-36-33-29-23-20-17-14-11-8-5-2/h16,19,24-25,27-29,33,39,42-43,46,51-54,56-58,60,62-64,66-67H,4-15,17-18,20-23,26,30-32,34-38,40-41,44-45,47-50H2,1-3H3,(H,61,68)/b19-16-,25-24-,28-27-,33-29-,42-39+,46-43+. The molecule has 6 N–H and O–H groups in total. The summed E-state index contributed by atoms with van der Waals surface area (Å²) in [6, 6.07) is -1.04. The maximum Gasteiger partial charge on any atom is 0.306 e. The molecular formula is C60H105NO10. The Morgan fingerprint density at radius 2 is 0.972 bits per heavy atom. The van der Waals surface area contributed by atoms with Crippen LogP contribution in [0.2, 0.25) is 0 Å². The summed E-state index contributed by atoms with van der Waals surface area (Å²) < 4.78 is 17.5. The maximum absolute atomic E-state index is 13.4. The zero-order valence-electron chi connectivity index (χ0n) is 45.1. The molecule has 0 aromatic heterocycles. The first-order chi connectivity index (χ1) is 34.7. The molecule has 1 aliphatic rings. The van der Waals surface area contributed by atoms with Crippen molar-refractivity contribution in [1.82, 2.24) is 5.32 Å². The molecule has 1 amide bonds. The third-order valence-corrected chi connectivity index (χ3v) is 13.1. The number of allylic oxidation sites excluding steroid dienone is 11. The molecule has 8 atom stereocenters. The van der Waals surface area contributed by atoms with Gasteiger partial charge in [0, 0.05) is 6.42 Å². The van der Waals surface area contributed by atoms with E-state index in [1.807, 2.05) is 18.2 Å². The summed E-state index contributed by atoms with van der Waals surface area (Å²) in [6.45, 7) is 5.68. The van der Waals surface area contributed by atoms with Gasteiger partial charge >= 0.3 is 5.97 Å². The second kappa shape index (κ2) is 48.1. The minimum Gasteiger partial charge on any atom is -0.454 e. The average Bonchev–Trinajstić information content (AvgIpc) is 3.37. The SMILES string of the molecule is CCCCC/C=C\C/C=C\C/C=C\CCCCCCCC(O)C(=O)NC(COC1OC(CO)C(O)C(O)C1OC(=O)CC/C=C/C/C=C\CCCCCCCC)C(O)/C=C/CCCCCCCCCCC. The van der Waals surface area contributed by atoms with Gasteiger partial charge in [0.2, 0.25) is 5.91 Å². The Bertz CT molecular complexity index is 1430. The van der Waals surface area contributed by atoms with Crippen molar-refractivity contribution in [1.29, 1.82) is 0 Å². The molecule has 1 rings (SSSR count). The Morgan fingerprint density at radius 3 is 1.48 bits per heavy atom. The van der Waals surface area contributed by atoms with E-state index in [1.165, 1.54) is 103 Å². The van der Waals surface area contributed by atoms with Crippen LogP contribution in [0.4, 0.5) is 0 Å². The number of esters is 1. The molecule has 410 valence electrons. The van der Waals surface area contributed by atoms with Crippen molar-refractivity contribution in [3.05, 3.63) is 72.9 Å². The van der Waals surface area contributed by atoms with Crippen LogP contribution in [0, 0.1) is 0 Å². The van der Waals surface area contributed by atoms with E-state index in [2.05, 4.69) is 74.7 Å². The number of hydrogen-bond donors (Lipinski definition) is 6. The van der Waals surface area contributed by atoms with Crippen LogP contribution in [0.5, 0.6) is 0 Å². The Labute approximate surface area is 432 Å². The van der Waals surface area contributed by atoms with Gasteiger partial charge in [-0.05, 0) is 83.5 Å². The zero-order chi connectivity index (χ0) is 51.8. The topological polar surface area (TPSA) is 175 Å². The largest absolute Gasteiger partial charge is 0.454 e. The van der Waals surface area contributed by atoms with Gasteiger partial charge in [-0.1, -0.05) is 216 Å². The summed E-state index contributed by atoms with van der Waals surface area (Å²) in [6.07, 6.45) is 49.6. The highest BCUT2D eigenvalue weighted by atomic mass is 16.7. The lowest BCUT2D eigenvalue weighted by Gasteiger charge is -2.41. The van der Waals surface area contributed by atoms with Crippen LogP contribution < -0.4 is 5.32 Å². The van der Waals surface area contributed by atoms with Crippen LogP contribution in [-0.4, -0.2) is 99.6 Å². The highest BCUT2D eigenvalue weighted by molar-refractivity contribution is 5.80. The molecule has 1 aliphatic heterocycles. The van der Waals surface area contributed by atoms with Gasteiger partial charge in [-0.15, -0.1) is 0 Å². The number of rotatable bonds is 47. The van der Waals surface area contributed by atoms with E-state index in [-0.39, 0.29) is 19.4 Å². The Morgan fingerprint density at radius 1 is 0.549 bits per heavy atom. The molecule has 71 heavy (non-hydrogen) atoms. The van der Waals surface area contributed by atoms with E-state index < -0.39 is 67.4 Å². The van der Waals surface area contributed by atoms with Crippen molar-refractivity contribution in [2.75, 3.05) is 13.2 Å². The van der Waals surface area contributed by atoms with Gasteiger partial charge in [-0.2, -0.15) is 0 Å². The second-order valence-electron chi connectivity index (χ2n) is 19.7. The van der Waals surface area contributed by atoms with Gasteiger partial charge in [0.1, 0.15) is 24.4 Å². The third-order valence-electron chi connectivity index (χ3n) is 13.1. The predicted molar refractivity (Wildman–Crippen MR) is 292 cm³/mol. The highest BCUT2D eigenvalue weighted by Gasteiger charge is 2.47. The van der Waals surface area contributed by atoms with E-state index in [1.54, 1.807) is 6.08 Å². The summed E-state index contributed by atoms with van der Waals surface area (Å²) in [5.41, 5.74) is 0. The van der Waals surface area contributed by atoms with E-state index in [0.717, 1.165) is 83.5 Å². The van der Waals surface area contributed by atoms with Gasteiger partial charge in [0.25, 0.3) is 0 Å². The van der Waals surface area contributed by atoms with Crippen LogP contribution in [-0.2, 0) is 23.8 Å². The number of amides is 1. The minimum atomic E-state index is -1.64. The lowest BCUT2D eigenvalue weighted by molar-refractivity contribution is -0.305. The van der Waals surface area contributed by atoms with E-state index in [4.69, 9.17) is 14.2 Å². The van der Waals surface area contributed by atoms with E-state index >= 15 is 0 Å². The first-order valence-corrected chi connectivity index (χ1v) is 28.7. The fourth-order valence-electron chi connectivity index (χ4n) is 8.47. The first kappa shape index (κ1) is 66.1. The molecule has 0 spiro atoms. The number of hydrogen-bond acceptors (Lipinski definition) is 10. The van der Waals surface area contributed by atoms with Gasteiger partial charge in [-0.25, -0.2) is 0 Å². The van der Waals surface area contributed by atoms with Crippen LogP contribution in [0.3, 0.4) is 0 Å². The monoisotopic (exact) mass is 1000 g/mol. The van der Waals surface area contributed by atoms with Crippen molar-refractivity contribution in [2.45, 2.75) is 282 Å². The molecule has 1 fully saturated rings. The minimum absolute atomic E-state index is 0.0136. The van der Waals surface area contributed by atoms with Crippen molar-refractivity contribution in [3.63, 3.8) is 0 Å². The molecule has 1 saturated heterocycles. The molecule has 1 heterocycles. The Kier molecular flexibility index (Phi) is 44.8. The van der Waals surface area contributed by atoms with E-state index in [0.29, 0.717) is 12.8 Å². The summed E-state index contributed by atoms with van der Waals surface area (Å²) >= 11 is 0. The molecule has 0 bridgehead atoms. The number of aliphatic hydroxyl groups excluding tert-OH is 5. The fraction of sp³-hybridized carbons (Fsp3) is 0.767. The van der Waals surface area contributed by atoms with Crippen LogP contribution >= 0.6 is 0 Å². The van der Waals surface area contributed by atoms with Gasteiger partial charge in [-0.3, -0.25) is 9.59 Å². The Balaban J connectivity index is 2.76. The van der Waals surface area contributed by atoms with Crippen LogP contribution in [0.25, 0.3) is 0 Å². The summed E-state index contributed by atoms with van der Waals surface area (Å²) in [5, 5.41) is 56.7. The van der Waals surface area contributed by atoms with Gasteiger partial charge < -0.3 is 45.1 Å². The third kappa shape index (κ3) is 36.6. The van der Waals surface area contributed by atoms with Crippen molar-refractivity contribution < 1.29 is 49.3 Å². The number of ether oxygens (including phenoxy) is 3. The van der Waals surface area contributed by atoms with E-state index in [9.17, 15) is 35.1 Å². The number of unbranched alkanes of at least 4 members (excludes halogenated alkanes) is 23. The number of aliphatic hydroxyl groups is 5. The molecule has 11 nitrogen and oxygen atoms in total. The Hall–Kier alpha value is -2.90. The molecule has 11 heteroatoms. The smallest absolute Gasteiger partial charge is 0.306 e. The van der Waals surface area contributed by atoms with Crippen molar-refractivity contribution in [2.24, 2.45) is 0 Å². The maximum atomic E-state index is 13.4. The highest BCUT2D eigenvalue weighted by Crippen LogP contribution is 2.26. The van der Waals surface area contributed by atoms with Gasteiger partial charge in [0.05, 0.1) is 25.4 Å². The fourth-order valence-corrected chi connectivity index (χ4v) is 8.47. The number of nitrogens with one attached hydrogen (secondary N) is 1. The first-order valence-electron chi connectivity index (χ1n) is 28.7. The molecule has 8 unspecified atom stereocenters. The normalized spacial score (nSPS) is 20.1.